The Morgan fingerprint density at radius 1 is 1.10 bits per heavy atom. The summed E-state index contributed by atoms with van der Waals surface area (Å²) in [7, 11) is -0.647. The molecule has 1 heterocycles. The zero-order valence-electron chi connectivity index (χ0n) is 16.6. The van der Waals surface area contributed by atoms with Crippen LogP contribution in [0.25, 0.3) is 10.9 Å². The summed E-state index contributed by atoms with van der Waals surface area (Å²) in [4.78, 5) is 24.3. The molecule has 9 heteroatoms. The van der Waals surface area contributed by atoms with Gasteiger partial charge in [0.05, 0.1) is 17.0 Å². The van der Waals surface area contributed by atoms with Gasteiger partial charge in [-0.2, -0.15) is 0 Å². The van der Waals surface area contributed by atoms with Crippen molar-refractivity contribution >= 4 is 26.9 Å². The van der Waals surface area contributed by atoms with Crippen LogP contribution in [-0.2, 0) is 23.0 Å². The van der Waals surface area contributed by atoms with Gasteiger partial charge < -0.3 is 14.8 Å². The monoisotopic (exact) mass is 430 g/mol. The fourth-order valence-electron chi connectivity index (χ4n) is 3.26. The number of aliphatic hydroxyl groups excluding tert-OH is 1. The molecule has 0 saturated carbocycles. The van der Waals surface area contributed by atoms with Crippen molar-refractivity contribution in [1.29, 1.82) is 0 Å². The highest BCUT2D eigenvalue weighted by atomic mass is 32.2. The van der Waals surface area contributed by atoms with Gasteiger partial charge in [-0.25, -0.2) is 17.5 Å². The lowest BCUT2D eigenvalue weighted by atomic mass is 10.0. The number of aliphatic hydroxyl groups is 1. The van der Waals surface area contributed by atoms with Crippen molar-refractivity contribution < 1.29 is 23.4 Å². The van der Waals surface area contributed by atoms with Gasteiger partial charge in [-0.05, 0) is 41.8 Å². The Bertz CT molecular complexity index is 1280. The number of carboxylic acids is 1. The maximum Gasteiger partial charge on any atom is 0.341 e. The summed E-state index contributed by atoms with van der Waals surface area (Å²) in [6.07, 6.45) is 1.60. The van der Waals surface area contributed by atoms with E-state index in [1.54, 1.807) is 36.4 Å². The van der Waals surface area contributed by atoms with Crippen molar-refractivity contribution in [1.82, 2.24) is 8.87 Å². The van der Waals surface area contributed by atoms with E-state index in [4.69, 9.17) is 0 Å². The lowest BCUT2D eigenvalue weighted by molar-refractivity contribution is 0.0694. The summed E-state index contributed by atoms with van der Waals surface area (Å²) in [5, 5.41) is 18.8. The Labute approximate surface area is 173 Å². The molecule has 2 N–H and O–H groups in total. The maximum atomic E-state index is 12.7. The number of hydrogen-bond acceptors (Lipinski definition) is 5. The Morgan fingerprint density at radius 2 is 1.80 bits per heavy atom. The number of benzene rings is 2. The number of aromatic nitrogens is 1. The second-order valence-electron chi connectivity index (χ2n) is 7.06. The molecule has 0 unspecified atom stereocenters. The Balaban J connectivity index is 2.08. The quantitative estimate of drug-likeness (QED) is 0.587. The van der Waals surface area contributed by atoms with E-state index in [1.807, 2.05) is 0 Å². The van der Waals surface area contributed by atoms with Crippen LogP contribution in [0.2, 0.25) is 0 Å². The normalized spacial score (nSPS) is 11.9. The predicted octanol–water partition coefficient (Wildman–Crippen LogP) is 1.53. The summed E-state index contributed by atoms with van der Waals surface area (Å²) >= 11 is 0. The second-order valence-corrected chi connectivity index (χ2v) is 9.21. The lowest BCUT2D eigenvalue weighted by Gasteiger charge is -2.13. The molecule has 3 rings (SSSR count). The number of fused-ring (bicyclic) bond motifs is 1. The summed E-state index contributed by atoms with van der Waals surface area (Å²) in [5.74, 6) is -1.33. The standard InChI is InChI=1S/C21H22N2O6S/c1-22(2)30(28,29)16-5-3-4-14(11-16)10-15-6-7-19-17(12-15)20(25)18(21(26)27)13-23(19)8-9-24/h3-7,11-13,24H,8-10H2,1-2H3,(H,26,27). The molecule has 0 aliphatic rings. The van der Waals surface area contributed by atoms with Crippen LogP contribution in [0.1, 0.15) is 21.5 Å². The average Bonchev–Trinajstić information content (AvgIpc) is 2.70. The molecule has 0 aliphatic heterocycles. The molecular weight excluding hydrogens is 408 g/mol. The van der Waals surface area contributed by atoms with E-state index in [9.17, 15) is 28.2 Å². The summed E-state index contributed by atoms with van der Waals surface area (Å²) < 4.78 is 27.4. The van der Waals surface area contributed by atoms with E-state index in [-0.39, 0.29) is 29.0 Å². The van der Waals surface area contributed by atoms with Crippen molar-refractivity contribution in [3.05, 3.63) is 75.6 Å². The minimum absolute atomic E-state index is 0.154. The fraction of sp³-hybridized carbons (Fsp3) is 0.238. The van der Waals surface area contributed by atoms with Crippen molar-refractivity contribution in [3.63, 3.8) is 0 Å². The summed E-state index contributed by atoms with van der Waals surface area (Å²) in [5.41, 5.74) is 1.02. The number of rotatable bonds is 7. The minimum Gasteiger partial charge on any atom is -0.477 e. The zero-order chi connectivity index (χ0) is 22.1. The first-order valence-corrected chi connectivity index (χ1v) is 10.6. The summed E-state index contributed by atoms with van der Waals surface area (Å²) in [6.45, 7) is -0.0488. The Hall–Kier alpha value is -3.01. The highest BCUT2D eigenvalue weighted by Gasteiger charge is 2.18. The third-order valence-corrected chi connectivity index (χ3v) is 6.61. The van der Waals surface area contributed by atoms with E-state index >= 15 is 0 Å². The fourth-order valence-corrected chi connectivity index (χ4v) is 4.23. The molecule has 158 valence electrons. The van der Waals surface area contributed by atoms with Gasteiger partial charge >= 0.3 is 5.97 Å². The highest BCUT2D eigenvalue weighted by Crippen LogP contribution is 2.20. The largest absolute Gasteiger partial charge is 0.477 e. The van der Waals surface area contributed by atoms with Crippen molar-refractivity contribution in [2.75, 3.05) is 20.7 Å². The Kier molecular flexibility index (Phi) is 6.06. The van der Waals surface area contributed by atoms with Crippen molar-refractivity contribution in [2.45, 2.75) is 17.9 Å². The van der Waals surface area contributed by atoms with Crippen LogP contribution in [0.4, 0.5) is 0 Å². The van der Waals surface area contributed by atoms with Crippen LogP contribution in [0.5, 0.6) is 0 Å². The first-order chi connectivity index (χ1) is 14.1. The molecule has 30 heavy (non-hydrogen) atoms. The van der Waals surface area contributed by atoms with Crippen LogP contribution >= 0.6 is 0 Å². The van der Waals surface area contributed by atoms with Crippen LogP contribution in [0, 0.1) is 0 Å². The van der Waals surface area contributed by atoms with Crippen LogP contribution in [0.3, 0.4) is 0 Å². The van der Waals surface area contributed by atoms with E-state index < -0.39 is 21.4 Å². The van der Waals surface area contributed by atoms with Gasteiger partial charge in [-0.1, -0.05) is 18.2 Å². The number of pyridine rings is 1. The molecule has 0 aliphatic carbocycles. The number of carboxylic acid groups (broad SMARTS) is 1. The molecule has 8 nitrogen and oxygen atoms in total. The average molecular weight is 430 g/mol. The highest BCUT2D eigenvalue weighted by molar-refractivity contribution is 7.89. The first-order valence-electron chi connectivity index (χ1n) is 9.17. The molecule has 0 radical (unpaired) electrons. The number of carbonyl (C=O) groups is 1. The number of nitrogens with zero attached hydrogens (tertiary/aromatic N) is 2. The van der Waals surface area contributed by atoms with E-state index in [0.29, 0.717) is 11.9 Å². The van der Waals surface area contributed by atoms with Crippen molar-refractivity contribution in [2.24, 2.45) is 0 Å². The molecule has 0 fully saturated rings. The van der Waals surface area contributed by atoms with Crippen LogP contribution in [-0.4, -0.2) is 54.2 Å². The molecule has 1 aromatic heterocycles. The van der Waals surface area contributed by atoms with Gasteiger partial charge in [-0.15, -0.1) is 0 Å². The molecule has 0 bridgehead atoms. The van der Waals surface area contributed by atoms with Gasteiger partial charge in [0, 0.05) is 32.2 Å². The third kappa shape index (κ3) is 4.13. The minimum atomic E-state index is -3.57. The zero-order valence-corrected chi connectivity index (χ0v) is 17.4. The maximum absolute atomic E-state index is 12.7. The predicted molar refractivity (Wildman–Crippen MR) is 112 cm³/mol. The van der Waals surface area contributed by atoms with Gasteiger partial charge in [0.25, 0.3) is 0 Å². The molecule has 0 saturated heterocycles. The first kappa shape index (κ1) is 21.7. The molecule has 2 aromatic carbocycles. The molecule has 0 atom stereocenters. The van der Waals surface area contributed by atoms with E-state index in [0.717, 1.165) is 15.4 Å². The van der Waals surface area contributed by atoms with E-state index in [1.165, 1.54) is 30.9 Å². The molecule has 3 aromatic rings. The topological polar surface area (TPSA) is 117 Å². The van der Waals surface area contributed by atoms with Gasteiger partial charge in [0.15, 0.2) is 0 Å². The van der Waals surface area contributed by atoms with Crippen LogP contribution < -0.4 is 5.43 Å². The van der Waals surface area contributed by atoms with E-state index in [2.05, 4.69) is 0 Å². The van der Waals surface area contributed by atoms with Crippen LogP contribution in [0.15, 0.2) is 58.4 Å². The third-order valence-electron chi connectivity index (χ3n) is 4.80. The number of aromatic carboxylic acids is 1. The lowest BCUT2D eigenvalue weighted by Crippen LogP contribution is -2.22. The molecule has 0 spiro atoms. The number of hydrogen-bond donors (Lipinski definition) is 2. The Morgan fingerprint density at radius 3 is 2.43 bits per heavy atom. The molecular formula is C21H22N2O6S. The van der Waals surface area contributed by atoms with Gasteiger partial charge in [0.2, 0.25) is 15.5 Å². The van der Waals surface area contributed by atoms with Gasteiger partial charge in [-0.3, -0.25) is 4.79 Å². The number of sulfonamides is 1. The van der Waals surface area contributed by atoms with Gasteiger partial charge in [0.1, 0.15) is 5.56 Å². The molecule has 0 amide bonds. The SMILES string of the molecule is CN(C)S(=O)(=O)c1cccc(Cc2ccc3c(c2)c(=O)c(C(=O)O)cn3CCO)c1. The smallest absolute Gasteiger partial charge is 0.341 e. The summed E-state index contributed by atoms with van der Waals surface area (Å²) in [6, 6.07) is 11.7. The van der Waals surface area contributed by atoms with Crippen molar-refractivity contribution in [3.8, 4) is 0 Å². The second kappa shape index (κ2) is 8.39.